The van der Waals surface area contributed by atoms with Crippen molar-refractivity contribution < 1.29 is 9.47 Å². The second-order valence-corrected chi connectivity index (χ2v) is 8.57. The lowest BCUT2D eigenvalue weighted by molar-refractivity contribution is -0.0538. The van der Waals surface area contributed by atoms with E-state index in [-0.39, 0.29) is 0 Å². The Hall–Kier alpha value is -1.88. The third kappa shape index (κ3) is 7.64. The summed E-state index contributed by atoms with van der Waals surface area (Å²) in [7, 11) is 1.75. The molecule has 170 valence electrons. The van der Waals surface area contributed by atoms with Crippen molar-refractivity contribution in [2.75, 3.05) is 51.4 Å². The summed E-state index contributed by atoms with van der Waals surface area (Å²) in [6.07, 6.45) is 6.52. The third-order valence-corrected chi connectivity index (χ3v) is 6.34. The van der Waals surface area contributed by atoms with Crippen molar-refractivity contribution in [2.45, 2.75) is 45.1 Å². The fraction of sp³-hybridized carbons (Fsp3) is 0.556. The Labute approximate surface area is 189 Å². The largest absolute Gasteiger partial charge is 0.382 e. The van der Waals surface area contributed by atoms with Gasteiger partial charge in [-0.2, -0.15) is 0 Å². The van der Waals surface area contributed by atoms with Crippen LogP contribution in [0, 0.1) is 5.92 Å². The van der Waals surface area contributed by atoms with E-state index >= 15 is 0 Å². The Bertz CT molecular complexity index is 670. The molecule has 0 amide bonds. The van der Waals surface area contributed by atoms with E-state index in [1.807, 2.05) is 0 Å². The summed E-state index contributed by atoms with van der Waals surface area (Å²) in [4.78, 5) is 5.05. The van der Waals surface area contributed by atoms with Crippen LogP contribution in [-0.2, 0) is 9.47 Å². The van der Waals surface area contributed by atoms with Gasteiger partial charge >= 0.3 is 0 Å². The number of benzene rings is 2. The van der Waals surface area contributed by atoms with Crippen LogP contribution in [0.15, 0.2) is 60.7 Å². The predicted molar refractivity (Wildman–Crippen MR) is 130 cm³/mol. The number of para-hydroxylation sites is 2. The summed E-state index contributed by atoms with van der Waals surface area (Å²) in [6.45, 7) is 8.06. The van der Waals surface area contributed by atoms with Gasteiger partial charge in [-0.3, -0.25) is 0 Å². The van der Waals surface area contributed by atoms with Crippen molar-refractivity contribution in [1.82, 2.24) is 4.90 Å². The molecule has 1 aliphatic heterocycles. The van der Waals surface area contributed by atoms with Crippen LogP contribution in [0.2, 0.25) is 0 Å². The summed E-state index contributed by atoms with van der Waals surface area (Å²) in [6, 6.07) is 21.5. The van der Waals surface area contributed by atoms with E-state index in [0.29, 0.717) is 25.2 Å². The molecule has 0 spiro atoms. The maximum absolute atomic E-state index is 6.33. The summed E-state index contributed by atoms with van der Waals surface area (Å²) in [5, 5.41) is 0. The molecule has 4 nitrogen and oxygen atoms in total. The van der Waals surface area contributed by atoms with Gasteiger partial charge in [0, 0.05) is 31.6 Å². The molecule has 1 fully saturated rings. The van der Waals surface area contributed by atoms with E-state index in [1.54, 1.807) is 7.11 Å². The third-order valence-electron chi connectivity index (χ3n) is 6.34. The van der Waals surface area contributed by atoms with Crippen LogP contribution in [0.5, 0.6) is 0 Å². The average molecular weight is 425 g/mol. The molecule has 0 aromatic heterocycles. The van der Waals surface area contributed by atoms with Gasteiger partial charge in [0.1, 0.15) is 0 Å². The van der Waals surface area contributed by atoms with E-state index in [9.17, 15) is 0 Å². The van der Waals surface area contributed by atoms with Crippen LogP contribution < -0.4 is 4.90 Å². The first-order valence-corrected chi connectivity index (χ1v) is 12.0. The molecule has 3 rings (SSSR count). The monoisotopic (exact) mass is 424 g/mol. The number of methoxy groups -OCH3 is 1. The molecule has 0 unspecified atom stereocenters. The van der Waals surface area contributed by atoms with Gasteiger partial charge in [0.2, 0.25) is 0 Å². The lowest BCUT2D eigenvalue weighted by atomic mass is 9.90. The quantitative estimate of drug-likeness (QED) is 0.382. The standard InChI is InChI=1S/C27H40N2O2/c1-3-4-11-18-28-19-16-24(27(23-28)31-22-21-30-2)17-20-29(25-12-7-5-8-13-25)26-14-9-6-10-15-26/h5-10,12-15,24,27H,3-4,11,16-23H2,1-2H3/t24-,27+/m0/s1. The van der Waals surface area contributed by atoms with Crippen LogP contribution >= 0.6 is 0 Å². The molecule has 1 heterocycles. The minimum atomic E-state index is 0.291. The topological polar surface area (TPSA) is 24.9 Å². The summed E-state index contributed by atoms with van der Waals surface area (Å²) >= 11 is 0. The maximum atomic E-state index is 6.33. The highest BCUT2D eigenvalue weighted by molar-refractivity contribution is 5.62. The lowest BCUT2D eigenvalue weighted by Crippen LogP contribution is -2.46. The number of anilines is 2. The summed E-state index contributed by atoms with van der Waals surface area (Å²) in [5.41, 5.74) is 2.50. The van der Waals surface area contributed by atoms with Crippen LogP contribution in [-0.4, -0.2) is 57.5 Å². The fourth-order valence-electron chi connectivity index (χ4n) is 4.54. The number of hydrogen-bond donors (Lipinski definition) is 0. The molecule has 31 heavy (non-hydrogen) atoms. The summed E-state index contributed by atoms with van der Waals surface area (Å²) in [5.74, 6) is 0.578. The van der Waals surface area contributed by atoms with Crippen LogP contribution in [0.1, 0.15) is 39.0 Å². The number of nitrogens with zero attached hydrogens (tertiary/aromatic N) is 2. The molecule has 2 aromatic rings. The van der Waals surface area contributed by atoms with Crippen LogP contribution in [0.3, 0.4) is 0 Å². The van der Waals surface area contributed by atoms with Crippen molar-refractivity contribution in [3.63, 3.8) is 0 Å². The van der Waals surface area contributed by atoms with E-state index in [2.05, 4.69) is 77.4 Å². The molecule has 0 bridgehead atoms. The average Bonchev–Trinajstić information content (AvgIpc) is 2.82. The summed E-state index contributed by atoms with van der Waals surface area (Å²) < 4.78 is 11.6. The first kappa shape index (κ1) is 23.8. The van der Waals surface area contributed by atoms with Crippen molar-refractivity contribution in [3.8, 4) is 0 Å². The molecule has 1 aliphatic rings. The van der Waals surface area contributed by atoms with Crippen molar-refractivity contribution in [2.24, 2.45) is 5.92 Å². The number of hydrogen-bond acceptors (Lipinski definition) is 4. The highest BCUT2D eigenvalue weighted by atomic mass is 16.5. The SMILES string of the molecule is CCCCCN1CC[C@@H](CCN(c2ccccc2)c2ccccc2)[C@H](OCCOC)C1. The Morgan fingerprint density at radius 3 is 2.23 bits per heavy atom. The first-order valence-electron chi connectivity index (χ1n) is 12.0. The maximum Gasteiger partial charge on any atom is 0.0732 e. The zero-order valence-corrected chi connectivity index (χ0v) is 19.4. The van der Waals surface area contributed by atoms with Crippen molar-refractivity contribution in [3.05, 3.63) is 60.7 Å². The Morgan fingerprint density at radius 2 is 1.61 bits per heavy atom. The predicted octanol–water partition coefficient (Wildman–Crippen LogP) is 5.76. The number of likely N-dealkylation sites (tertiary alicyclic amines) is 1. The number of ether oxygens (including phenoxy) is 2. The Balaban J connectivity index is 1.64. The van der Waals surface area contributed by atoms with Gasteiger partial charge in [-0.05, 0) is 62.5 Å². The van der Waals surface area contributed by atoms with Gasteiger partial charge in [0.25, 0.3) is 0 Å². The van der Waals surface area contributed by atoms with E-state index in [0.717, 1.165) is 19.5 Å². The second kappa shape index (κ2) is 13.5. The van der Waals surface area contributed by atoms with Gasteiger partial charge < -0.3 is 19.3 Å². The molecule has 0 aliphatic carbocycles. The van der Waals surface area contributed by atoms with Crippen LogP contribution in [0.4, 0.5) is 11.4 Å². The molecule has 0 saturated carbocycles. The minimum absolute atomic E-state index is 0.291. The number of rotatable bonds is 13. The highest BCUT2D eigenvalue weighted by Gasteiger charge is 2.30. The Morgan fingerprint density at radius 1 is 0.935 bits per heavy atom. The highest BCUT2D eigenvalue weighted by Crippen LogP contribution is 2.29. The molecule has 2 atom stereocenters. The first-order chi connectivity index (χ1) is 15.3. The van der Waals surface area contributed by atoms with Gasteiger partial charge in [0.15, 0.2) is 0 Å². The molecule has 4 heteroatoms. The lowest BCUT2D eigenvalue weighted by Gasteiger charge is -2.39. The van der Waals surface area contributed by atoms with Crippen LogP contribution in [0.25, 0.3) is 0 Å². The van der Waals surface area contributed by atoms with Gasteiger partial charge in [0.05, 0.1) is 19.3 Å². The minimum Gasteiger partial charge on any atom is -0.382 e. The number of piperidine rings is 1. The Kier molecular flexibility index (Phi) is 10.4. The van der Waals surface area contributed by atoms with Gasteiger partial charge in [-0.15, -0.1) is 0 Å². The number of unbranched alkanes of at least 4 members (excludes halogenated alkanes) is 2. The molecule has 1 saturated heterocycles. The molecular formula is C27H40N2O2. The van der Waals surface area contributed by atoms with Crippen molar-refractivity contribution >= 4 is 11.4 Å². The molecule has 2 aromatic carbocycles. The zero-order valence-electron chi connectivity index (χ0n) is 19.4. The molecule has 0 N–H and O–H groups in total. The van der Waals surface area contributed by atoms with Gasteiger partial charge in [-0.1, -0.05) is 56.2 Å². The zero-order chi connectivity index (χ0) is 21.7. The van der Waals surface area contributed by atoms with Gasteiger partial charge in [-0.25, -0.2) is 0 Å². The molecular weight excluding hydrogens is 384 g/mol. The van der Waals surface area contributed by atoms with E-state index in [4.69, 9.17) is 9.47 Å². The normalized spacial score (nSPS) is 19.4. The smallest absolute Gasteiger partial charge is 0.0732 e. The fourth-order valence-corrected chi connectivity index (χ4v) is 4.54. The van der Waals surface area contributed by atoms with Crippen molar-refractivity contribution in [1.29, 1.82) is 0 Å². The second-order valence-electron chi connectivity index (χ2n) is 8.57. The van der Waals surface area contributed by atoms with E-state index in [1.165, 1.54) is 50.1 Å². The van der Waals surface area contributed by atoms with E-state index < -0.39 is 0 Å². The molecule has 0 radical (unpaired) electrons.